The average Bonchev–Trinajstić information content (AvgIpc) is 3.11. The molecule has 0 aromatic carbocycles. The molecule has 1 aliphatic heterocycles. The lowest BCUT2D eigenvalue weighted by atomic mass is 9.87. The topological polar surface area (TPSA) is 68.2 Å². The van der Waals surface area contributed by atoms with Crippen LogP contribution < -0.4 is 5.73 Å². The Bertz CT molecular complexity index is 539. The van der Waals surface area contributed by atoms with E-state index < -0.39 is 0 Å². The predicted octanol–water partition coefficient (Wildman–Crippen LogP) is 2.21. The molecule has 6 heteroatoms. The molecule has 2 aromatic rings. The van der Waals surface area contributed by atoms with E-state index in [2.05, 4.69) is 22.0 Å². The van der Waals surface area contributed by atoms with Gasteiger partial charge < -0.3 is 10.2 Å². The van der Waals surface area contributed by atoms with Gasteiger partial charge in [0.05, 0.1) is 11.4 Å². The summed E-state index contributed by atoms with van der Waals surface area (Å²) >= 11 is 1.61. The molecular formula is C14H20N4OS. The average molecular weight is 292 g/mol. The Morgan fingerprint density at radius 1 is 1.50 bits per heavy atom. The fraction of sp³-hybridized carbons (Fsp3) is 0.571. The third kappa shape index (κ3) is 2.92. The summed E-state index contributed by atoms with van der Waals surface area (Å²) in [6.45, 7) is 5.86. The molecule has 0 spiro atoms. The van der Waals surface area contributed by atoms with E-state index in [1.165, 1.54) is 6.42 Å². The van der Waals surface area contributed by atoms with Gasteiger partial charge in [-0.15, -0.1) is 21.5 Å². The number of nitrogens with zero attached hydrogens (tertiary/aromatic N) is 3. The third-order valence-corrected chi connectivity index (χ3v) is 4.92. The van der Waals surface area contributed by atoms with Gasteiger partial charge in [0, 0.05) is 6.54 Å². The molecule has 1 aliphatic rings. The Hall–Kier alpha value is -1.24. The maximum absolute atomic E-state index is 5.84. The number of rotatable bonds is 4. The van der Waals surface area contributed by atoms with Crippen molar-refractivity contribution in [1.82, 2.24) is 15.1 Å². The molecule has 2 aromatic heterocycles. The summed E-state index contributed by atoms with van der Waals surface area (Å²) in [4.78, 5) is 3.39. The molecule has 3 rings (SSSR count). The van der Waals surface area contributed by atoms with Crippen LogP contribution in [-0.4, -0.2) is 34.7 Å². The molecule has 1 saturated heterocycles. The summed E-state index contributed by atoms with van der Waals surface area (Å²) in [5.74, 6) is 2.60. The second-order valence-corrected chi connectivity index (χ2v) is 6.42. The molecule has 108 valence electrons. The lowest BCUT2D eigenvalue weighted by Crippen LogP contribution is -2.42. The Morgan fingerprint density at radius 2 is 2.40 bits per heavy atom. The van der Waals surface area contributed by atoms with Crippen LogP contribution in [0.15, 0.2) is 21.9 Å². The van der Waals surface area contributed by atoms with Gasteiger partial charge in [-0.3, -0.25) is 4.90 Å². The van der Waals surface area contributed by atoms with Crippen molar-refractivity contribution in [2.24, 2.45) is 17.6 Å². The minimum Gasteiger partial charge on any atom is -0.419 e. The van der Waals surface area contributed by atoms with Crippen LogP contribution in [0.2, 0.25) is 0 Å². The van der Waals surface area contributed by atoms with Gasteiger partial charge in [0.2, 0.25) is 5.89 Å². The van der Waals surface area contributed by atoms with Gasteiger partial charge in [0.15, 0.2) is 0 Å². The van der Waals surface area contributed by atoms with Crippen LogP contribution in [-0.2, 0) is 6.54 Å². The molecule has 0 aliphatic carbocycles. The molecule has 0 saturated carbocycles. The molecule has 3 heterocycles. The SMILES string of the molecule is CC1CCN(Cc2nnc(-c3cccs3)o2)CC1CN. The van der Waals surface area contributed by atoms with Gasteiger partial charge in [-0.1, -0.05) is 13.0 Å². The first-order valence-corrected chi connectivity index (χ1v) is 7.93. The van der Waals surface area contributed by atoms with E-state index in [0.29, 0.717) is 23.6 Å². The third-order valence-electron chi connectivity index (χ3n) is 4.06. The maximum Gasteiger partial charge on any atom is 0.257 e. The van der Waals surface area contributed by atoms with Gasteiger partial charge >= 0.3 is 0 Å². The fourth-order valence-corrected chi connectivity index (χ4v) is 3.33. The summed E-state index contributed by atoms with van der Waals surface area (Å²) < 4.78 is 5.74. The summed E-state index contributed by atoms with van der Waals surface area (Å²) in [7, 11) is 0. The van der Waals surface area contributed by atoms with E-state index in [1.54, 1.807) is 11.3 Å². The summed E-state index contributed by atoms with van der Waals surface area (Å²) in [5, 5.41) is 10.3. The van der Waals surface area contributed by atoms with Crippen LogP contribution in [0.5, 0.6) is 0 Å². The Kier molecular flexibility index (Phi) is 4.14. The normalized spacial score (nSPS) is 24.1. The van der Waals surface area contributed by atoms with Crippen molar-refractivity contribution in [2.75, 3.05) is 19.6 Å². The molecule has 0 amide bonds. The molecule has 2 unspecified atom stereocenters. The maximum atomic E-state index is 5.84. The second-order valence-electron chi connectivity index (χ2n) is 5.48. The number of thiophene rings is 1. The number of hydrogen-bond acceptors (Lipinski definition) is 6. The van der Waals surface area contributed by atoms with Crippen molar-refractivity contribution in [3.63, 3.8) is 0 Å². The van der Waals surface area contributed by atoms with Crippen molar-refractivity contribution in [2.45, 2.75) is 19.9 Å². The summed E-state index contributed by atoms with van der Waals surface area (Å²) in [5.41, 5.74) is 5.84. The van der Waals surface area contributed by atoms with E-state index >= 15 is 0 Å². The molecule has 20 heavy (non-hydrogen) atoms. The van der Waals surface area contributed by atoms with Gasteiger partial charge in [0.25, 0.3) is 5.89 Å². The molecule has 2 atom stereocenters. The molecule has 2 N–H and O–H groups in total. The van der Waals surface area contributed by atoms with E-state index in [-0.39, 0.29) is 0 Å². The van der Waals surface area contributed by atoms with E-state index in [4.69, 9.17) is 10.2 Å². The van der Waals surface area contributed by atoms with Crippen molar-refractivity contribution < 1.29 is 4.42 Å². The largest absolute Gasteiger partial charge is 0.419 e. The number of likely N-dealkylation sites (tertiary alicyclic amines) is 1. The predicted molar refractivity (Wildman–Crippen MR) is 79.2 cm³/mol. The van der Waals surface area contributed by atoms with Crippen LogP contribution >= 0.6 is 11.3 Å². The lowest BCUT2D eigenvalue weighted by Gasteiger charge is -2.35. The zero-order valence-electron chi connectivity index (χ0n) is 11.7. The van der Waals surface area contributed by atoms with Crippen molar-refractivity contribution in [1.29, 1.82) is 0 Å². The second kappa shape index (κ2) is 6.03. The molecule has 5 nitrogen and oxygen atoms in total. The lowest BCUT2D eigenvalue weighted by molar-refractivity contribution is 0.117. The molecular weight excluding hydrogens is 272 g/mol. The van der Waals surface area contributed by atoms with Gasteiger partial charge in [-0.05, 0) is 42.8 Å². The first-order valence-electron chi connectivity index (χ1n) is 7.05. The van der Waals surface area contributed by atoms with Crippen molar-refractivity contribution >= 4 is 11.3 Å². The molecule has 0 bridgehead atoms. The molecule has 1 fully saturated rings. The first kappa shape index (κ1) is 13.7. The Morgan fingerprint density at radius 3 is 3.15 bits per heavy atom. The van der Waals surface area contributed by atoms with Gasteiger partial charge in [-0.2, -0.15) is 0 Å². The van der Waals surface area contributed by atoms with Gasteiger partial charge in [0.1, 0.15) is 0 Å². The van der Waals surface area contributed by atoms with Crippen molar-refractivity contribution in [3.05, 3.63) is 23.4 Å². The minimum absolute atomic E-state index is 0.573. The number of nitrogens with two attached hydrogens (primary N) is 1. The van der Waals surface area contributed by atoms with Gasteiger partial charge in [-0.25, -0.2) is 0 Å². The fourth-order valence-electron chi connectivity index (χ4n) is 2.68. The minimum atomic E-state index is 0.573. The van der Waals surface area contributed by atoms with Crippen LogP contribution in [0.1, 0.15) is 19.2 Å². The number of hydrogen-bond donors (Lipinski definition) is 1. The van der Waals surface area contributed by atoms with Crippen molar-refractivity contribution in [3.8, 4) is 10.8 Å². The Balaban J connectivity index is 1.64. The van der Waals surface area contributed by atoms with Crippen LogP contribution in [0.25, 0.3) is 10.8 Å². The van der Waals surface area contributed by atoms with Crippen LogP contribution in [0.3, 0.4) is 0 Å². The highest BCUT2D eigenvalue weighted by molar-refractivity contribution is 7.13. The van der Waals surface area contributed by atoms with E-state index in [0.717, 1.165) is 31.1 Å². The summed E-state index contributed by atoms with van der Waals surface area (Å²) in [6, 6.07) is 3.98. The monoisotopic (exact) mass is 292 g/mol. The molecule has 0 radical (unpaired) electrons. The first-order chi connectivity index (χ1) is 9.76. The van der Waals surface area contributed by atoms with E-state index in [9.17, 15) is 0 Å². The highest BCUT2D eigenvalue weighted by Gasteiger charge is 2.26. The van der Waals surface area contributed by atoms with E-state index in [1.807, 2.05) is 17.5 Å². The van der Waals surface area contributed by atoms with Crippen LogP contribution in [0, 0.1) is 11.8 Å². The highest BCUT2D eigenvalue weighted by atomic mass is 32.1. The Labute approximate surface area is 122 Å². The quantitative estimate of drug-likeness (QED) is 0.935. The number of aromatic nitrogens is 2. The zero-order chi connectivity index (χ0) is 13.9. The highest BCUT2D eigenvalue weighted by Crippen LogP contribution is 2.25. The zero-order valence-corrected chi connectivity index (χ0v) is 12.5. The smallest absolute Gasteiger partial charge is 0.257 e. The summed E-state index contributed by atoms with van der Waals surface area (Å²) in [6.07, 6.45) is 1.19. The van der Waals surface area contributed by atoms with Crippen LogP contribution in [0.4, 0.5) is 0 Å². The standard InChI is InChI=1S/C14H20N4OS/c1-10-4-5-18(8-11(10)7-15)9-13-16-17-14(19-13)12-3-2-6-20-12/h2-3,6,10-11H,4-5,7-9,15H2,1H3. The number of piperidine rings is 1.